The van der Waals surface area contributed by atoms with E-state index in [1.165, 1.54) is 12.1 Å². The van der Waals surface area contributed by atoms with E-state index in [1.54, 1.807) is 32.2 Å². The summed E-state index contributed by atoms with van der Waals surface area (Å²) in [5, 5.41) is 13.1. The number of carbonyl (C=O) groups excluding carboxylic acids is 2. The summed E-state index contributed by atoms with van der Waals surface area (Å²) >= 11 is 0. The molecule has 1 fully saturated rings. The molecule has 4 N–H and O–H groups in total. The molecule has 0 saturated carbocycles. The molecule has 11 heteroatoms. The molecule has 0 bridgehead atoms. The third-order valence-electron chi connectivity index (χ3n) is 6.37. The Morgan fingerprint density at radius 2 is 1.64 bits per heavy atom. The van der Waals surface area contributed by atoms with E-state index in [0.29, 0.717) is 35.9 Å². The van der Waals surface area contributed by atoms with Gasteiger partial charge in [-0.2, -0.15) is 5.10 Å². The molecule has 2 amide bonds. The summed E-state index contributed by atoms with van der Waals surface area (Å²) in [6.07, 6.45) is 4.34. The number of aliphatic hydroxyl groups is 1. The highest BCUT2D eigenvalue weighted by Crippen LogP contribution is 2.28. The van der Waals surface area contributed by atoms with E-state index in [4.69, 9.17) is 10.9 Å². The number of nitrogens with one attached hydrogen (secondary N) is 1. The number of rotatable bonds is 8. The zero-order chi connectivity index (χ0) is 32.4. The monoisotopic (exact) mass is 593 g/mol. The number of aliphatic hydroxyl groups excluding tert-OH is 1. The van der Waals surface area contributed by atoms with Crippen LogP contribution in [-0.4, -0.2) is 60.0 Å². The van der Waals surface area contributed by atoms with Crippen LogP contribution in [0, 0.1) is 23.4 Å². The number of carbonyl (C=O) groups is 2. The molecule has 1 saturated heterocycles. The molecule has 1 aliphatic rings. The number of aliphatic imine (C=N–C) groups is 1. The van der Waals surface area contributed by atoms with Crippen molar-refractivity contribution in [2.45, 2.75) is 79.4 Å². The van der Waals surface area contributed by atoms with Gasteiger partial charge in [-0.15, -0.1) is 0 Å². The highest BCUT2D eigenvalue weighted by Gasteiger charge is 2.31. The van der Waals surface area contributed by atoms with Crippen molar-refractivity contribution in [3.63, 3.8) is 0 Å². The second kappa shape index (κ2) is 20.2. The van der Waals surface area contributed by atoms with Crippen LogP contribution in [-0.2, 0) is 9.59 Å². The minimum Gasteiger partial charge on any atom is -0.400 e. The number of nitrogens with zero attached hydrogens (tertiary/aromatic N) is 3. The third kappa shape index (κ3) is 11.6. The number of benzene rings is 2. The number of nitrogens with two attached hydrogens (primary N) is 1. The highest BCUT2D eigenvalue weighted by molar-refractivity contribution is 6.29. The maximum atomic E-state index is 13.6. The molecule has 42 heavy (non-hydrogen) atoms. The number of halogens is 3. The minimum absolute atomic E-state index is 0.121. The van der Waals surface area contributed by atoms with Crippen molar-refractivity contribution in [3.05, 3.63) is 59.4 Å². The van der Waals surface area contributed by atoms with Gasteiger partial charge in [0.05, 0.1) is 17.3 Å². The van der Waals surface area contributed by atoms with Gasteiger partial charge in [-0.05, 0) is 50.7 Å². The normalized spacial score (nSPS) is 15.9. The van der Waals surface area contributed by atoms with E-state index in [2.05, 4.69) is 22.3 Å². The van der Waals surface area contributed by atoms with Gasteiger partial charge in [-0.3, -0.25) is 14.6 Å². The molecule has 0 aromatic heterocycles. The predicted octanol–water partition coefficient (Wildman–Crippen LogP) is 5.64. The van der Waals surface area contributed by atoms with Crippen molar-refractivity contribution >= 4 is 24.2 Å². The Morgan fingerprint density at radius 1 is 1.10 bits per heavy atom. The van der Waals surface area contributed by atoms with Crippen molar-refractivity contribution in [1.82, 2.24) is 10.2 Å². The summed E-state index contributed by atoms with van der Waals surface area (Å²) in [4.78, 5) is 29.1. The Balaban J connectivity index is 0.000000719. The lowest BCUT2D eigenvalue weighted by Gasteiger charge is -2.26. The molecule has 1 heterocycles. The Kier molecular flexibility index (Phi) is 18.4. The molecule has 0 aliphatic carbocycles. The van der Waals surface area contributed by atoms with Crippen molar-refractivity contribution < 1.29 is 27.9 Å². The summed E-state index contributed by atoms with van der Waals surface area (Å²) in [7, 11) is 1.00. The van der Waals surface area contributed by atoms with Crippen LogP contribution in [0.25, 0.3) is 11.1 Å². The van der Waals surface area contributed by atoms with Crippen molar-refractivity contribution in [1.29, 1.82) is 0 Å². The predicted molar refractivity (Wildman–Crippen MR) is 164 cm³/mol. The van der Waals surface area contributed by atoms with Gasteiger partial charge < -0.3 is 21.2 Å². The quantitative estimate of drug-likeness (QED) is 0.159. The SMILES string of the molecule is C/C(C=NC(C(=O)N1CCCC1C)C(C)C)=N/N.CC.CC(NC=O)c1ccc(-c2c(F)cc(F)cc2F)cc1.CO. The van der Waals surface area contributed by atoms with Crippen LogP contribution < -0.4 is 11.2 Å². The van der Waals surface area contributed by atoms with Crippen molar-refractivity contribution in [2.75, 3.05) is 13.7 Å². The maximum Gasteiger partial charge on any atom is 0.247 e. The van der Waals surface area contributed by atoms with Gasteiger partial charge in [0.25, 0.3) is 0 Å². The van der Waals surface area contributed by atoms with Crippen LogP contribution in [0.5, 0.6) is 0 Å². The van der Waals surface area contributed by atoms with Gasteiger partial charge in [-0.1, -0.05) is 52.0 Å². The third-order valence-corrected chi connectivity index (χ3v) is 6.37. The first-order valence-corrected chi connectivity index (χ1v) is 14.0. The fraction of sp³-hybridized carbons (Fsp3) is 0.484. The van der Waals surface area contributed by atoms with Crippen molar-refractivity contribution in [3.8, 4) is 11.1 Å². The van der Waals surface area contributed by atoms with Gasteiger partial charge in [-0.25, -0.2) is 13.2 Å². The standard InChI is InChI=1S/C15H12F3NO.C13H24N4O.C2H6.CH4O/c1-9(19-8-20)10-2-4-11(5-3-10)15-13(17)6-12(16)7-14(15)18;1-9(2)12(15-8-10(3)16-14)13(18)17-7-5-6-11(17)4;2*1-2/h2-9H,1H3,(H,19,20);8-9,11-12H,5-7,14H2,1-4H3;1-2H3;2H,1H3/b;15-8?,16-10-;;. The maximum absolute atomic E-state index is 13.6. The molecular weight excluding hydrogens is 547 g/mol. The molecule has 2 aromatic rings. The Labute approximate surface area is 247 Å². The average Bonchev–Trinajstić information content (AvgIpc) is 3.41. The number of hydrogen-bond donors (Lipinski definition) is 3. The molecule has 0 radical (unpaired) electrons. The molecule has 8 nitrogen and oxygen atoms in total. The second-order valence-corrected chi connectivity index (χ2v) is 9.63. The van der Waals surface area contributed by atoms with Crippen molar-refractivity contribution in [2.24, 2.45) is 21.9 Å². The lowest BCUT2D eigenvalue weighted by Crippen LogP contribution is -2.42. The van der Waals surface area contributed by atoms with E-state index in [0.717, 1.165) is 32.1 Å². The van der Waals surface area contributed by atoms with E-state index in [1.807, 2.05) is 32.6 Å². The largest absolute Gasteiger partial charge is 0.400 e. The van der Waals surface area contributed by atoms with E-state index in [-0.39, 0.29) is 29.5 Å². The summed E-state index contributed by atoms with van der Waals surface area (Å²) < 4.78 is 40.1. The van der Waals surface area contributed by atoms with Gasteiger partial charge in [0.2, 0.25) is 12.3 Å². The lowest BCUT2D eigenvalue weighted by atomic mass is 10.0. The fourth-order valence-electron chi connectivity index (χ4n) is 4.13. The summed E-state index contributed by atoms with van der Waals surface area (Å²) in [6, 6.07) is 7.43. The first kappa shape index (κ1) is 38.3. The van der Waals surface area contributed by atoms with E-state index >= 15 is 0 Å². The van der Waals surface area contributed by atoms with Gasteiger partial charge in [0.1, 0.15) is 23.5 Å². The second-order valence-electron chi connectivity index (χ2n) is 9.63. The molecule has 3 rings (SSSR count). The van der Waals surface area contributed by atoms with Crippen LogP contribution in [0.3, 0.4) is 0 Å². The molecular formula is C31H46F3N5O3. The van der Waals surface area contributed by atoms with Crippen LogP contribution in [0.15, 0.2) is 46.5 Å². The number of hydrazone groups is 1. The van der Waals surface area contributed by atoms with Crippen LogP contribution >= 0.6 is 0 Å². The average molecular weight is 594 g/mol. The Bertz CT molecular complexity index is 1130. The minimum atomic E-state index is -0.954. The van der Waals surface area contributed by atoms with E-state index < -0.39 is 17.5 Å². The molecule has 3 unspecified atom stereocenters. The Hall–Kier alpha value is -3.73. The molecule has 234 valence electrons. The van der Waals surface area contributed by atoms with Crippen LogP contribution in [0.2, 0.25) is 0 Å². The van der Waals surface area contributed by atoms with Gasteiger partial charge in [0.15, 0.2) is 0 Å². The summed E-state index contributed by atoms with van der Waals surface area (Å²) in [6.45, 7) is 14.5. The molecule has 1 aliphatic heterocycles. The number of hydrogen-bond acceptors (Lipinski definition) is 6. The van der Waals surface area contributed by atoms with E-state index in [9.17, 15) is 22.8 Å². The molecule has 3 atom stereocenters. The highest BCUT2D eigenvalue weighted by atomic mass is 19.1. The molecule has 2 aromatic carbocycles. The molecule has 0 spiro atoms. The van der Waals surface area contributed by atoms with Crippen LogP contribution in [0.1, 0.15) is 72.9 Å². The van der Waals surface area contributed by atoms with Gasteiger partial charge >= 0.3 is 0 Å². The number of likely N-dealkylation sites (tertiary alicyclic amines) is 1. The van der Waals surface area contributed by atoms with Crippen LogP contribution in [0.4, 0.5) is 13.2 Å². The lowest BCUT2D eigenvalue weighted by molar-refractivity contribution is -0.134. The summed E-state index contributed by atoms with van der Waals surface area (Å²) in [5.41, 5.74) is 1.46. The zero-order valence-electron chi connectivity index (χ0n) is 25.9. The Morgan fingerprint density at radius 3 is 2.07 bits per heavy atom. The zero-order valence-corrected chi connectivity index (χ0v) is 25.9. The first-order valence-electron chi connectivity index (χ1n) is 14.0. The number of amides is 2. The summed E-state index contributed by atoms with van der Waals surface area (Å²) in [5.74, 6) is 2.60. The van der Waals surface area contributed by atoms with Gasteiger partial charge in [0, 0.05) is 38.0 Å². The smallest absolute Gasteiger partial charge is 0.247 e. The first-order chi connectivity index (χ1) is 20.0. The topological polar surface area (TPSA) is 120 Å². The fourth-order valence-corrected chi connectivity index (χ4v) is 4.13.